The Balaban J connectivity index is 1.95. The lowest BCUT2D eigenvalue weighted by Crippen LogP contribution is -2.62. The van der Waals surface area contributed by atoms with E-state index in [0.717, 1.165) is 25.3 Å². The molecule has 0 aromatic heterocycles. The Morgan fingerprint density at radius 2 is 1.92 bits per heavy atom. The van der Waals surface area contributed by atoms with Crippen molar-refractivity contribution in [3.8, 4) is 0 Å². The molecular weight excluding hydrogens is 335 g/mol. The van der Waals surface area contributed by atoms with E-state index < -0.39 is 23.9 Å². The van der Waals surface area contributed by atoms with Crippen LogP contribution in [0.25, 0.3) is 0 Å². The predicted octanol–water partition coefficient (Wildman–Crippen LogP) is 2.04. The lowest BCUT2D eigenvalue weighted by atomic mass is 9.98. The number of likely N-dealkylation sites (tertiary alicyclic amines) is 1. The Bertz CT molecular complexity index is 618. The van der Waals surface area contributed by atoms with Crippen molar-refractivity contribution in [2.75, 3.05) is 5.32 Å². The van der Waals surface area contributed by atoms with E-state index in [9.17, 15) is 14.0 Å². The van der Waals surface area contributed by atoms with Gasteiger partial charge in [0.1, 0.15) is 12.1 Å². The zero-order valence-corrected chi connectivity index (χ0v) is 14.4. The Labute approximate surface area is 145 Å². The molecule has 1 aromatic carbocycles. The first-order valence-electron chi connectivity index (χ1n) is 7.89. The second kappa shape index (κ2) is 7.92. The van der Waals surface area contributed by atoms with E-state index in [1.165, 1.54) is 12.1 Å². The molecule has 6 nitrogen and oxygen atoms in total. The molecule has 0 radical (unpaired) electrons. The molecule has 2 amide bonds. The Kier molecular flexibility index (Phi) is 6.15. The summed E-state index contributed by atoms with van der Waals surface area (Å²) < 4.78 is 13.4. The molecule has 1 aliphatic rings. The van der Waals surface area contributed by atoms with Crippen LogP contribution in [0.5, 0.6) is 0 Å². The fourth-order valence-corrected chi connectivity index (χ4v) is 3.14. The third kappa shape index (κ3) is 4.43. The number of carbonyl (C=O) groups excluding carboxylic acids is 2. The number of hydrogen-bond acceptors (Lipinski definition) is 4. The van der Waals surface area contributed by atoms with Crippen molar-refractivity contribution in [2.45, 2.75) is 51.5 Å². The summed E-state index contributed by atoms with van der Waals surface area (Å²) in [5.74, 6) is -2.46. The van der Waals surface area contributed by atoms with Gasteiger partial charge < -0.3 is 10.6 Å². The lowest BCUT2D eigenvalue weighted by Gasteiger charge is -2.42. The number of benzene rings is 1. The van der Waals surface area contributed by atoms with Gasteiger partial charge in [0.05, 0.1) is 5.02 Å². The van der Waals surface area contributed by atoms with Crippen molar-refractivity contribution in [3.63, 3.8) is 0 Å². The van der Waals surface area contributed by atoms with Gasteiger partial charge >= 0.3 is 11.8 Å². The molecule has 4 N–H and O–H groups in total. The summed E-state index contributed by atoms with van der Waals surface area (Å²) in [7, 11) is 0. The summed E-state index contributed by atoms with van der Waals surface area (Å²) >= 11 is 5.57. The molecule has 132 valence electrons. The lowest BCUT2D eigenvalue weighted by molar-refractivity contribution is -0.138. The number of nitrogens with one attached hydrogen (secondary N) is 2. The van der Waals surface area contributed by atoms with E-state index in [0.29, 0.717) is 0 Å². The maximum Gasteiger partial charge on any atom is 0.313 e. The smallest absolute Gasteiger partial charge is 0.313 e. The summed E-state index contributed by atoms with van der Waals surface area (Å²) in [4.78, 5) is 25.9. The van der Waals surface area contributed by atoms with Gasteiger partial charge in [-0.3, -0.25) is 20.2 Å². The van der Waals surface area contributed by atoms with Crippen LogP contribution >= 0.6 is 11.6 Å². The van der Waals surface area contributed by atoms with Gasteiger partial charge in [0.2, 0.25) is 0 Å². The minimum Gasteiger partial charge on any atom is -0.320 e. The predicted molar refractivity (Wildman–Crippen MR) is 90.8 cm³/mol. The van der Waals surface area contributed by atoms with E-state index in [4.69, 9.17) is 17.3 Å². The zero-order chi connectivity index (χ0) is 17.9. The van der Waals surface area contributed by atoms with Crippen molar-refractivity contribution in [2.24, 2.45) is 5.73 Å². The summed E-state index contributed by atoms with van der Waals surface area (Å²) in [6.07, 6.45) is 2.34. The monoisotopic (exact) mass is 356 g/mol. The Morgan fingerprint density at radius 1 is 1.29 bits per heavy atom. The van der Waals surface area contributed by atoms with Crippen molar-refractivity contribution in [1.82, 2.24) is 10.2 Å². The fraction of sp³-hybridized carbons (Fsp3) is 0.500. The number of hydrogen-bond donors (Lipinski definition) is 3. The highest BCUT2D eigenvalue weighted by molar-refractivity contribution is 6.39. The normalized spacial score (nSPS) is 22.7. The molecule has 3 unspecified atom stereocenters. The average molecular weight is 357 g/mol. The van der Waals surface area contributed by atoms with Crippen molar-refractivity contribution < 1.29 is 14.0 Å². The number of anilines is 1. The van der Waals surface area contributed by atoms with Gasteiger partial charge in [0, 0.05) is 17.8 Å². The first kappa shape index (κ1) is 18.6. The highest BCUT2D eigenvalue weighted by Crippen LogP contribution is 2.23. The number of carbonyl (C=O) groups is 2. The molecule has 1 saturated heterocycles. The minimum atomic E-state index is -0.913. The summed E-state index contributed by atoms with van der Waals surface area (Å²) in [6.45, 7) is 4.08. The van der Waals surface area contributed by atoms with Crippen LogP contribution in [0.15, 0.2) is 18.2 Å². The number of halogens is 2. The van der Waals surface area contributed by atoms with Crippen LogP contribution in [0, 0.1) is 5.82 Å². The van der Waals surface area contributed by atoms with E-state index in [1.54, 1.807) is 0 Å². The molecular formula is C16H22ClFN4O2. The molecule has 0 bridgehead atoms. The third-order valence-corrected chi connectivity index (χ3v) is 4.55. The highest BCUT2D eigenvalue weighted by atomic mass is 35.5. The molecule has 3 atom stereocenters. The number of rotatable bonds is 3. The number of piperidine rings is 1. The largest absolute Gasteiger partial charge is 0.320 e. The van der Waals surface area contributed by atoms with Crippen LogP contribution in [0.3, 0.4) is 0 Å². The van der Waals surface area contributed by atoms with Crippen LogP contribution < -0.4 is 16.4 Å². The molecule has 1 fully saturated rings. The molecule has 24 heavy (non-hydrogen) atoms. The summed E-state index contributed by atoms with van der Waals surface area (Å²) in [5.41, 5.74) is 6.19. The molecule has 2 rings (SSSR count). The molecule has 0 spiro atoms. The molecule has 1 aromatic rings. The molecule has 0 saturated carbocycles. The fourth-order valence-electron chi connectivity index (χ4n) is 3.03. The van der Waals surface area contributed by atoms with Crippen molar-refractivity contribution in [3.05, 3.63) is 29.0 Å². The first-order chi connectivity index (χ1) is 11.3. The summed E-state index contributed by atoms with van der Waals surface area (Å²) in [6, 6.07) is 4.19. The van der Waals surface area contributed by atoms with Crippen LogP contribution in [0.4, 0.5) is 10.1 Å². The van der Waals surface area contributed by atoms with Crippen LogP contribution in [-0.4, -0.2) is 35.1 Å². The maximum atomic E-state index is 13.4. The van der Waals surface area contributed by atoms with Gasteiger partial charge in [-0.25, -0.2) is 4.39 Å². The third-order valence-electron chi connectivity index (χ3n) is 4.25. The van der Waals surface area contributed by atoms with Gasteiger partial charge in [-0.15, -0.1) is 0 Å². The van der Waals surface area contributed by atoms with Gasteiger partial charge in [0.15, 0.2) is 0 Å². The second-order valence-corrected chi connectivity index (χ2v) is 6.48. The van der Waals surface area contributed by atoms with Gasteiger partial charge in [-0.1, -0.05) is 18.0 Å². The van der Waals surface area contributed by atoms with Crippen LogP contribution in [0.1, 0.15) is 33.1 Å². The molecule has 1 heterocycles. The van der Waals surface area contributed by atoms with E-state index in [2.05, 4.69) is 10.6 Å². The SMILES string of the molecule is CC1CCCC(C)N1C(N)NC(=O)C(=O)Nc1ccc(Cl)c(F)c1. The summed E-state index contributed by atoms with van der Waals surface area (Å²) in [5, 5.41) is 4.74. The maximum absolute atomic E-state index is 13.4. The quantitative estimate of drug-likeness (QED) is 0.571. The molecule has 0 aliphatic carbocycles. The Hall–Kier alpha value is -1.70. The highest BCUT2D eigenvalue weighted by Gasteiger charge is 2.31. The standard InChI is InChI=1S/C16H22ClFN4O2/c1-9-4-3-5-10(2)22(9)16(19)21-15(24)14(23)20-11-6-7-12(17)13(18)8-11/h6-10,16H,3-5,19H2,1-2H3,(H,20,23)(H,21,24). The van der Waals surface area contributed by atoms with E-state index in [1.807, 2.05) is 18.7 Å². The first-order valence-corrected chi connectivity index (χ1v) is 8.27. The topological polar surface area (TPSA) is 87.5 Å². The van der Waals surface area contributed by atoms with E-state index in [-0.39, 0.29) is 22.8 Å². The van der Waals surface area contributed by atoms with Crippen LogP contribution in [-0.2, 0) is 9.59 Å². The zero-order valence-electron chi connectivity index (χ0n) is 13.7. The van der Waals surface area contributed by atoms with Crippen molar-refractivity contribution >= 4 is 29.1 Å². The second-order valence-electron chi connectivity index (χ2n) is 6.08. The number of nitrogens with zero attached hydrogens (tertiary/aromatic N) is 1. The minimum absolute atomic E-state index is 0.0625. The molecule has 1 aliphatic heterocycles. The van der Waals surface area contributed by atoms with E-state index >= 15 is 0 Å². The van der Waals surface area contributed by atoms with Crippen molar-refractivity contribution in [1.29, 1.82) is 0 Å². The van der Waals surface area contributed by atoms with Crippen LogP contribution in [0.2, 0.25) is 5.02 Å². The van der Waals surface area contributed by atoms with Gasteiger partial charge in [-0.2, -0.15) is 0 Å². The molecule has 8 heteroatoms. The Morgan fingerprint density at radius 3 is 2.50 bits per heavy atom. The number of amides is 2. The average Bonchev–Trinajstić information content (AvgIpc) is 2.50. The number of nitrogens with two attached hydrogens (primary N) is 1. The van der Waals surface area contributed by atoms with Gasteiger partial charge in [-0.05, 0) is 44.9 Å². The van der Waals surface area contributed by atoms with Gasteiger partial charge in [0.25, 0.3) is 0 Å².